The number of hydrazone groups is 1. The molecule has 0 aromatic rings. The fraction of sp³-hybridized carbons (Fsp3) is 0.900. The topological polar surface area (TPSA) is 33.6 Å². The van der Waals surface area contributed by atoms with Gasteiger partial charge >= 0.3 is 0 Å². The standard InChI is InChI=1S/C10H18N2O/c1-10(4-5-10)8-11-12-9-3-2-6-13-7-9/h8-9,12H,2-7H2,1H3/b11-8+. The summed E-state index contributed by atoms with van der Waals surface area (Å²) in [6.07, 6.45) is 6.98. The molecule has 1 aliphatic heterocycles. The normalized spacial score (nSPS) is 31.9. The lowest BCUT2D eigenvalue weighted by Crippen LogP contribution is -2.33. The molecule has 0 aromatic heterocycles. The van der Waals surface area contributed by atoms with Crippen molar-refractivity contribution in [3.63, 3.8) is 0 Å². The maximum atomic E-state index is 5.34. The van der Waals surface area contributed by atoms with E-state index < -0.39 is 0 Å². The fourth-order valence-electron chi connectivity index (χ4n) is 1.47. The molecule has 0 aromatic carbocycles. The molecule has 0 spiro atoms. The molecular weight excluding hydrogens is 164 g/mol. The van der Waals surface area contributed by atoms with Crippen LogP contribution in [-0.2, 0) is 4.74 Å². The van der Waals surface area contributed by atoms with E-state index >= 15 is 0 Å². The lowest BCUT2D eigenvalue weighted by atomic mass is 10.1. The molecule has 2 fully saturated rings. The van der Waals surface area contributed by atoms with E-state index in [0.29, 0.717) is 11.5 Å². The van der Waals surface area contributed by atoms with E-state index in [-0.39, 0.29) is 0 Å². The largest absolute Gasteiger partial charge is 0.379 e. The zero-order chi connectivity index (χ0) is 9.15. The Hall–Kier alpha value is -0.570. The van der Waals surface area contributed by atoms with Gasteiger partial charge in [-0.25, -0.2) is 0 Å². The molecule has 1 N–H and O–H groups in total. The minimum absolute atomic E-state index is 0.405. The summed E-state index contributed by atoms with van der Waals surface area (Å²) in [6.45, 7) is 3.98. The Morgan fingerprint density at radius 3 is 3.00 bits per heavy atom. The molecule has 2 aliphatic rings. The van der Waals surface area contributed by atoms with E-state index in [1.54, 1.807) is 0 Å². The van der Waals surface area contributed by atoms with Gasteiger partial charge in [0.1, 0.15) is 0 Å². The second-order valence-corrected chi connectivity index (χ2v) is 4.46. The van der Waals surface area contributed by atoms with E-state index in [9.17, 15) is 0 Å². The van der Waals surface area contributed by atoms with Crippen LogP contribution in [0.3, 0.4) is 0 Å². The third kappa shape index (κ3) is 2.69. The van der Waals surface area contributed by atoms with Crippen molar-refractivity contribution in [2.45, 2.75) is 38.6 Å². The Balaban J connectivity index is 1.68. The number of hydrogen-bond donors (Lipinski definition) is 1. The first-order chi connectivity index (χ1) is 6.29. The monoisotopic (exact) mass is 182 g/mol. The molecule has 1 saturated heterocycles. The molecule has 1 heterocycles. The van der Waals surface area contributed by atoms with Crippen LogP contribution in [0.1, 0.15) is 32.6 Å². The third-order valence-electron chi connectivity index (χ3n) is 2.83. The lowest BCUT2D eigenvalue weighted by Gasteiger charge is -2.21. The van der Waals surface area contributed by atoms with Crippen molar-refractivity contribution < 1.29 is 4.74 Å². The number of hydrogen-bond acceptors (Lipinski definition) is 3. The second kappa shape index (κ2) is 3.66. The zero-order valence-electron chi connectivity index (χ0n) is 8.25. The summed E-state index contributed by atoms with van der Waals surface area (Å²) in [5.41, 5.74) is 3.57. The number of ether oxygens (including phenoxy) is 1. The van der Waals surface area contributed by atoms with Crippen LogP contribution < -0.4 is 5.43 Å². The van der Waals surface area contributed by atoms with Gasteiger partial charge in [0.05, 0.1) is 12.6 Å². The first kappa shape index (κ1) is 9.00. The Morgan fingerprint density at radius 2 is 2.38 bits per heavy atom. The van der Waals surface area contributed by atoms with Crippen LogP contribution in [0.15, 0.2) is 5.10 Å². The van der Waals surface area contributed by atoms with Crippen molar-refractivity contribution in [1.29, 1.82) is 0 Å². The van der Waals surface area contributed by atoms with E-state index in [4.69, 9.17) is 4.74 Å². The quantitative estimate of drug-likeness (QED) is 0.530. The molecule has 2 rings (SSSR count). The first-order valence-corrected chi connectivity index (χ1v) is 5.16. The van der Waals surface area contributed by atoms with Crippen LogP contribution in [0.5, 0.6) is 0 Å². The maximum Gasteiger partial charge on any atom is 0.0684 e. The Bertz CT molecular complexity index is 193. The van der Waals surface area contributed by atoms with E-state index in [0.717, 1.165) is 19.6 Å². The summed E-state index contributed by atoms with van der Waals surface area (Å²) < 4.78 is 5.34. The Labute approximate surface area is 79.5 Å². The average molecular weight is 182 g/mol. The van der Waals surface area contributed by atoms with Gasteiger partial charge in [-0.05, 0) is 25.7 Å². The van der Waals surface area contributed by atoms with Crippen LogP contribution in [0.2, 0.25) is 0 Å². The smallest absolute Gasteiger partial charge is 0.0684 e. The highest BCUT2D eigenvalue weighted by Crippen LogP contribution is 2.42. The van der Waals surface area contributed by atoms with Crippen molar-refractivity contribution in [2.24, 2.45) is 10.5 Å². The summed E-state index contributed by atoms with van der Waals surface area (Å²) in [7, 11) is 0. The molecule has 1 atom stereocenters. The molecule has 0 radical (unpaired) electrons. The van der Waals surface area contributed by atoms with Gasteiger partial charge in [-0.3, -0.25) is 0 Å². The molecule has 0 amide bonds. The highest BCUT2D eigenvalue weighted by Gasteiger charge is 2.35. The van der Waals surface area contributed by atoms with Gasteiger partial charge < -0.3 is 10.2 Å². The molecule has 1 saturated carbocycles. The third-order valence-corrected chi connectivity index (χ3v) is 2.83. The summed E-state index contributed by atoms with van der Waals surface area (Å²) in [5.74, 6) is 0. The molecule has 3 nitrogen and oxygen atoms in total. The minimum Gasteiger partial charge on any atom is -0.379 e. The first-order valence-electron chi connectivity index (χ1n) is 5.16. The van der Waals surface area contributed by atoms with Crippen LogP contribution in [0.25, 0.3) is 0 Å². The van der Waals surface area contributed by atoms with E-state index in [1.807, 2.05) is 0 Å². The maximum absolute atomic E-state index is 5.34. The van der Waals surface area contributed by atoms with Crippen LogP contribution >= 0.6 is 0 Å². The highest BCUT2D eigenvalue weighted by molar-refractivity contribution is 5.68. The van der Waals surface area contributed by atoms with Crippen LogP contribution in [0.4, 0.5) is 0 Å². The Kier molecular flexibility index (Phi) is 2.54. The molecule has 3 heteroatoms. The van der Waals surface area contributed by atoms with Gasteiger partial charge in [0.15, 0.2) is 0 Å². The average Bonchev–Trinajstić information content (AvgIpc) is 2.86. The van der Waals surface area contributed by atoms with Gasteiger partial charge in [0, 0.05) is 18.2 Å². The summed E-state index contributed by atoms with van der Waals surface area (Å²) >= 11 is 0. The Morgan fingerprint density at radius 1 is 1.54 bits per heavy atom. The van der Waals surface area contributed by atoms with Crippen molar-refractivity contribution in [2.75, 3.05) is 13.2 Å². The van der Waals surface area contributed by atoms with Gasteiger partial charge in [-0.15, -0.1) is 0 Å². The lowest BCUT2D eigenvalue weighted by molar-refractivity contribution is 0.0709. The van der Waals surface area contributed by atoms with Crippen molar-refractivity contribution in [3.8, 4) is 0 Å². The number of nitrogens with one attached hydrogen (secondary N) is 1. The van der Waals surface area contributed by atoms with Crippen molar-refractivity contribution >= 4 is 6.21 Å². The number of nitrogens with zero attached hydrogens (tertiary/aromatic N) is 1. The molecule has 74 valence electrons. The number of rotatable bonds is 3. The van der Waals surface area contributed by atoms with Gasteiger partial charge in [0.25, 0.3) is 0 Å². The van der Waals surface area contributed by atoms with Crippen molar-refractivity contribution in [3.05, 3.63) is 0 Å². The van der Waals surface area contributed by atoms with Crippen molar-refractivity contribution in [1.82, 2.24) is 5.43 Å². The summed E-state index contributed by atoms with van der Waals surface area (Å²) in [4.78, 5) is 0. The van der Waals surface area contributed by atoms with Gasteiger partial charge in [-0.1, -0.05) is 6.92 Å². The molecule has 0 bridgehead atoms. The van der Waals surface area contributed by atoms with Gasteiger partial charge in [-0.2, -0.15) is 5.10 Å². The second-order valence-electron chi connectivity index (χ2n) is 4.46. The van der Waals surface area contributed by atoms with E-state index in [2.05, 4.69) is 23.7 Å². The summed E-state index contributed by atoms with van der Waals surface area (Å²) in [6, 6.07) is 0.437. The van der Waals surface area contributed by atoms with Crippen LogP contribution in [0, 0.1) is 5.41 Å². The fourth-order valence-corrected chi connectivity index (χ4v) is 1.47. The predicted molar refractivity (Wildman–Crippen MR) is 52.8 cm³/mol. The molecule has 1 unspecified atom stereocenters. The predicted octanol–water partition coefficient (Wildman–Crippen LogP) is 1.54. The van der Waals surface area contributed by atoms with Gasteiger partial charge in [0.2, 0.25) is 0 Å². The van der Waals surface area contributed by atoms with Crippen LogP contribution in [-0.4, -0.2) is 25.5 Å². The molecular formula is C10H18N2O. The minimum atomic E-state index is 0.405. The molecule has 1 aliphatic carbocycles. The zero-order valence-corrected chi connectivity index (χ0v) is 8.25. The molecule has 13 heavy (non-hydrogen) atoms. The SMILES string of the molecule is CC1(/C=N/NC2CCCOC2)CC1. The van der Waals surface area contributed by atoms with E-state index in [1.165, 1.54) is 19.3 Å². The summed E-state index contributed by atoms with van der Waals surface area (Å²) in [5, 5.41) is 4.27. The highest BCUT2D eigenvalue weighted by atomic mass is 16.5.